The van der Waals surface area contributed by atoms with E-state index in [-0.39, 0.29) is 0 Å². The minimum absolute atomic E-state index is 0.392. The standard InChI is InChI=1S/C9H13F3N2O2/c1-7-5-8(16,9(10,11)12)4-6(15)14(7)3-2-13-7/h13,16H,2-5H2,1H3/t7-,8+/m1/s1. The second-order valence-corrected chi connectivity index (χ2v) is 4.63. The van der Waals surface area contributed by atoms with Crippen LogP contribution in [0.3, 0.4) is 0 Å². The van der Waals surface area contributed by atoms with Crippen LogP contribution in [-0.2, 0) is 4.79 Å². The third kappa shape index (κ3) is 1.49. The van der Waals surface area contributed by atoms with E-state index in [1.54, 1.807) is 0 Å². The predicted octanol–water partition coefficient (Wildman–Crippen LogP) is 0.222. The molecule has 2 fully saturated rings. The largest absolute Gasteiger partial charge is 0.417 e. The third-order valence-corrected chi connectivity index (χ3v) is 3.35. The van der Waals surface area contributed by atoms with Gasteiger partial charge in [-0.25, -0.2) is 0 Å². The fraction of sp³-hybridized carbons (Fsp3) is 0.889. The van der Waals surface area contributed by atoms with Gasteiger partial charge in [0, 0.05) is 19.5 Å². The van der Waals surface area contributed by atoms with Gasteiger partial charge < -0.3 is 10.0 Å². The van der Waals surface area contributed by atoms with Crippen molar-refractivity contribution in [3.63, 3.8) is 0 Å². The highest BCUT2D eigenvalue weighted by Crippen LogP contribution is 2.44. The normalized spacial score (nSPS) is 40.1. The Bertz CT molecular complexity index is 333. The maximum Gasteiger partial charge on any atom is 0.417 e. The monoisotopic (exact) mass is 238 g/mol. The first-order chi connectivity index (χ1) is 7.18. The molecule has 2 N–H and O–H groups in total. The molecule has 0 aromatic carbocycles. The highest BCUT2D eigenvalue weighted by Gasteiger charge is 2.63. The van der Waals surface area contributed by atoms with Gasteiger partial charge in [-0.15, -0.1) is 0 Å². The van der Waals surface area contributed by atoms with Crippen molar-refractivity contribution >= 4 is 5.91 Å². The highest BCUT2D eigenvalue weighted by atomic mass is 19.4. The summed E-state index contributed by atoms with van der Waals surface area (Å²) in [4.78, 5) is 12.9. The third-order valence-electron chi connectivity index (χ3n) is 3.35. The number of halogens is 3. The van der Waals surface area contributed by atoms with Gasteiger partial charge in [-0.1, -0.05) is 0 Å². The van der Waals surface area contributed by atoms with Crippen molar-refractivity contribution in [1.82, 2.24) is 10.2 Å². The number of rotatable bonds is 0. The Morgan fingerprint density at radius 1 is 1.50 bits per heavy atom. The summed E-state index contributed by atoms with van der Waals surface area (Å²) in [6.45, 7) is 2.35. The van der Waals surface area contributed by atoms with E-state index in [0.29, 0.717) is 13.1 Å². The number of hydrogen-bond acceptors (Lipinski definition) is 3. The maximum atomic E-state index is 12.7. The van der Waals surface area contributed by atoms with Crippen molar-refractivity contribution in [2.75, 3.05) is 13.1 Å². The lowest BCUT2D eigenvalue weighted by Crippen LogP contribution is -2.65. The van der Waals surface area contributed by atoms with Crippen LogP contribution in [0.25, 0.3) is 0 Å². The van der Waals surface area contributed by atoms with Gasteiger partial charge in [0.05, 0.1) is 12.1 Å². The van der Waals surface area contributed by atoms with Crippen molar-refractivity contribution in [2.24, 2.45) is 0 Å². The van der Waals surface area contributed by atoms with Crippen LogP contribution < -0.4 is 5.32 Å². The summed E-state index contributed by atoms with van der Waals surface area (Å²) in [5, 5.41) is 12.4. The summed E-state index contributed by atoms with van der Waals surface area (Å²) in [6, 6.07) is 0. The summed E-state index contributed by atoms with van der Waals surface area (Å²) in [5.74, 6) is -0.654. The first kappa shape index (κ1) is 11.7. The molecule has 0 radical (unpaired) electrons. The summed E-state index contributed by atoms with van der Waals surface area (Å²) in [5.41, 5.74) is -3.99. The molecule has 2 rings (SSSR count). The Morgan fingerprint density at radius 2 is 2.12 bits per heavy atom. The number of amides is 1. The van der Waals surface area contributed by atoms with E-state index in [1.807, 2.05) is 0 Å². The number of carbonyl (C=O) groups is 1. The Labute approximate surface area is 90.4 Å². The average molecular weight is 238 g/mol. The molecule has 4 nitrogen and oxygen atoms in total. The number of nitrogens with one attached hydrogen (secondary N) is 1. The van der Waals surface area contributed by atoms with Crippen molar-refractivity contribution in [3.05, 3.63) is 0 Å². The Morgan fingerprint density at radius 3 is 2.69 bits per heavy atom. The van der Waals surface area contributed by atoms with E-state index in [2.05, 4.69) is 5.32 Å². The fourth-order valence-corrected chi connectivity index (χ4v) is 2.52. The molecule has 2 aliphatic rings. The minimum Gasteiger partial charge on any atom is -0.380 e. The van der Waals surface area contributed by atoms with Gasteiger partial charge in [0.15, 0.2) is 5.60 Å². The second kappa shape index (κ2) is 3.10. The molecule has 0 bridgehead atoms. The van der Waals surface area contributed by atoms with Crippen LogP contribution >= 0.6 is 0 Å². The van der Waals surface area contributed by atoms with Crippen molar-refractivity contribution in [3.8, 4) is 0 Å². The van der Waals surface area contributed by atoms with E-state index < -0.39 is 36.2 Å². The summed E-state index contributed by atoms with van der Waals surface area (Å²) in [7, 11) is 0. The fourth-order valence-electron chi connectivity index (χ4n) is 2.52. The first-order valence-corrected chi connectivity index (χ1v) is 5.03. The molecule has 2 aliphatic heterocycles. The summed E-state index contributed by atoms with van der Waals surface area (Å²) < 4.78 is 38.0. The first-order valence-electron chi connectivity index (χ1n) is 5.03. The Kier molecular flexibility index (Phi) is 2.26. The van der Waals surface area contributed by atoms with Gasteiger partial charge in [0.1, 0.15) is 0 Å². The summed E-state index contributed by atoms with van der Waals surface area (Å²) >= 11 is 0. The van der Waals surface area contributed by atoms with Crippen LogP contribution in [0.4, 0.5) is 13.2 Å². The quantitative estimate of drug-likeness (QED) is 0.635. The predicted molar refractivity (Wildman–Crippen MR) is 48.4 cm³/mol. The molecule has 7 heteroatoms. The maximum absolute atomic E-state index is 12.7. The van der Waals surface area contributed by atoms with Crippen LogP contribution in [-0.4, -0.2) is 46.4 Å². The zero-order chi connectivity index (χ0) is 12.2. The van der Waals surface area contributed by atoms with Crippen molar-refractivity contribution < 1.29 is 23.1 Å². The van der Waals surface area contributed by atoms with Crippen LogP contribution in [0.5, 0.6) is 0 Å². The molecule has 16 heavy (non-hydrogen) atoms. The Balaban J connectivity index is 2.32. The van der Waals surface area contributed by atoms with Crippen LogP contribution in [0, 0.1) is 0 Å². The molecule has 0 aromatic rings. The van der Waals surface area contributed by atoms with Gasteiger partial charge >= 0.3 is 6.18 Å². The Hall–Kier alpha value is -0.820. The number of fused-ring (bicyclic) bond motifs is 1. The van der Waals surface area contributed by atoms with E-state index in [1.165, 1.54) is 11.8 Å². The van der Waals surface area contributed by atoms with Crippen LogP contribution in [0.2, 0.25) is 0 Å². The van der Waals surface area contributed by atoms with Crippen LogP contribution in [0.15, 0.2) is 0 Å². The molecule has 0 unspecified atom stereocenters. The molecular formula is C9H13F3N2O2. The lowest BCUT2D eigenvalue weighted by molar-refractivity contribution is -0.279. The van der Waals surface area contributed by atoms with E-state index in [0.717, 1.165) is 0 Å². The van der Waals surface area contributed by atoms with Gasteiger partial charge in [0.25, 0.3) is 0 Å². The van der Waals surface area contributed by atoms with E-state index >= 15 is 0 Å². The topological polar surface area (TPSA) is 52.6 Å². The number of nitrogens with zero attached hydrogens (tertiary/aromatic N) is 1. The van der Waals surface area contributed by atoms with Crippen LogP contribution in [0.1, 0.15) is 19.8 Å². The summed E-state index contributed by atoms with van der Waals surface area (Å²) in [6.07, 6.45) is -6.18. The number of hydrogen-bond donors (Lipinski definition) is 2. The number of aliphatic hydroxyl groups is 1. The van der Waals surface area contributed by atoms with Gasteiger partial charge in [0.2, 0.25) is 5.91 Å². The van der Waals surface area contributed by atoms with Gasteiger partial charge in [-0.05, 0) is 6.92 Å². The minimum atomic E-state index is -4.78. The van der Waals surface area contributed by atoms with E-state index in [9.17, 15) is 23.1 Å². The lowest BCUT2D eigenvalue weighted by Gasteiger charge is -2.46. The average Bonchev–Trinajstić information content (AvgIpc) is 2.43. The van der Waals surface area contributed by atoms with Crippen molar-refractivity contribution in [1.29, 1.82) is 0 Å². The number of piperidine rings is 1. The molecule has 0 spiro atoms. The molecule has 0 aliphatic carbocycles. The molecular weight excluding hydrogens is 225 g/mol. The SMILES string of the molecule is C[C@]12C[C@](O)(C(F)(F)F)CC(=O)N1CCN2. The molecule has 2 atom stereocenters. The lowest BCUT2D eigenvalue weighted by atomic mass is 9.83. The highest BCUT2D eigenvalue weighted by molar-refractivity contribution is 5.79. The van der Waals surface area contributed by atoms with Gasteiger partial charge in [-0.3, -0.25) is 10.1 Å². The smallest absolute Gasteiger partial charge is 0.380 e. The molecule has 0 aromatic heterocycles. The second-order valence-electron chi connectivity index (χ2n) is 4.63. The zero-order valence-electron chi connectivity index (χ0n) is 8.76. The van der Waals surface area contributed by atoms with Gasteiger partial charge in [-0.2, -0.15) is 13.2 Å². The molecule has 2 heterocycles. The molecule has 2 saturated heterocycles. The number of alkyl halides is 3. The molecule has 92 valence electrons. The van der Waals surface area contributed by atoms with E-state index in [4.69, 9.17) is 0 Å². The molecule has 0 saturated carbocycles. The molecule has 1 amide bonds. The van der Waals surface area contributed by atoms with Crippen molar-refractivity contribution in [2.45, 2.75) is 37.2 Å². The number of carbonyl (C=O) groups excluding carboxylic acids is 1. The zero-order valence-corrected chi connectivity index (χ0v) is 8.76.